The van der Waals surface area contributed by atoms with Crippen molar-refractivity contribution in [3.8, 4) is 11.5 Å². The highest BCUT2D eigenvalue weighted by atomic mass is 16.5. The van der Waals surface area contributed by atoms with Gasteiger partial charge in [-0.05, 0) is 25.0 Å². The Hall–Kier alpha value is -1.22. The highest BCUT2D eigenvalue weighted by Crippen LogP contribution is 2.19. The lowest BCUT2D eigenvalue weighted by Crippen LogP contribution is -2.16. The molecule has 1 fully saturated rings. The Morgan fingerprint density at radius 1 is 1.50 bits per heavy atom. The Labute approximate surface area is 83.3 Å². The number of aromatic hydroxyl groups is 1. The summed E-state index contributed by atoms with van der Waals surface area (Å²) >= 11 is 0. The number of benzene rings is 1. The zero-order valence-corrected chi connectivity index (χ0v) is 7.98. The van der Waals surface area contributed by atoms with Crippen molar-refractivity contribution in [2.24, 2.45) is 0 Å². The Morgan fingerprint density at radius 2 is 2.43 bits per heavy atom. The van der Waals surface area contributed by atoms with Gasteiger partial charge < -0.3 is 14.6 Å². The normalized spacial score (nSPS) is 21.0. The zero-order chi connectivity index (χ0) is 9.80. The molecule has 1 aliphatic rings. The molecule has 1 aromatic carbocycles. The third-order valence-corrected chi connectivity index (χ3v) is 2.28. The fourth-order valence-corrected chi connectivity index (χ4v) is 1.54. The molecular formula is C11H14O3. The Morgan fingerprint density at radius 3 is 3.14 bits per heavy atom. The van der Waals surface area contributed by atoms with Crippen LogP contribution in [0.25, 0.3) is 0 Å². The van der Waals surface area contributed by atoms with Crippen molar-refractivity contribution in [2.45, 2.75) is 18.9 Å². The molecule has 0 aliphatic carbocycles. The molecule has 0 aromatic heterocycles. The number of phenolic OH excluding ortho intramolecular Hbond substituents is 1. The van der Waals surface area contributed by atoms with Gasteiger partial charge in [-0.3, -0.25) is 0 Å². The Kier molecular flexibility index (Phi) is 2.89. The molecule has 1 N–H and O–H groups in total. The molecule has 1 unspecified atom stereocenters. The standard InChI is InChI=1S/C11H14O3/c12-9-3-1-4-10(7-9)14-8-11-5-2-6-13-11/h1,3-4,7,11-12H,2,5-6,8H2. The van der Waals surface area contributed by atoms with E-state index in [0.29, 0.717) is 12.4 Å². The molecule has 0 bridgehead atoms. The van der Waals surface area contributed by atoms with Gasteiger partial charge in [0.25, 0.3) is 0 Å². The number of hydrogen-bond donors (Lipinski definition) is 1. The van der Waals surface area contributed by atoms with E-state index < -0.39 is 0 Å². The van der Waals surface area contributed by atoms with Crippen molar-refractivity contribution in [3.63, 3.8) is 0 Å². The minimum Gasteiger partial charge on any atom is -0.508 e. The predicted octanol–water partition coefficient (Wildman–Crippen LogP) is 1.95. The second-order valence-corrected chi connectivity index (χ2v) is 3.44. The van der Waals surface area contributed by atoms with E-state index in [1.54, 1.807) is 18.2 Å². The van der Waals surface area contributed by atoms with Gasteiger partial charge in [0, 0.05) is 12.7 Å². The first kappa shape index (κ1) is 9.34. The maximum atomic E-state index is 9.19. The summed E-state index contributed by atoms with van der Waals surface area (Å²) in [7, 11) is 0. The van der Waals surface area contributed by atoms with Gasteiger partial charge in [0.1, 0.15) is 18.1 Å². The topological polar surface area (TPSA) is 38.7 Å². The maximum absolute atomic E-state index is 9.19. The molecule has 76 valence electrons. The quantitative estimate of drug-likeness (QED) is 0.799. The largest absolute Gasteiger partial charge is 0.508 e. The van der Waals surface area contributed by atoms with Crippen LogP contribution in [0.3, 0.4) is 0 Å². The fourth-order valence-electron chi connectivity index (χ4n) is 1.54. The molecule has 3 nitrogen and oxygen atoms in total. The zero-order valence-electron chi connectivity index (χ0n) is 7.98. The average Bonchev–Trinajstić information content (AvgIpc) is 2.67. The van der Waals surface area contributed by atoms with Crippen molar-refractivity contribution in [1.82, 2.24) is 0 Å². The molecule has 0 radical (unpaired) electrons. The molecule has 0 spiro atoms. The molecule has 1 atom stereocenters. The monoisotopic (exact) mass is 194 g/mol. The molecule has 3 heteroatoms. The van der Waals surface area contributed by atoms with Gasteiger partial charge in [-0.2, -0.15) is 0 Å². The summed E-state index contributed by atoms with van der Waals surface area (Å²) in [4.78, 5) is 0. The Bertz CT molecular complexity index is 292. The second kappa shape index (κ2) is 4.33. The number of ether oxygens (including phenoxy) is 2. The van der Waals surface area contributed by atoms with Crippen molar-refractivity contribution >= 4 is 0 Å². The van der Waals surface area contributed by atoms with Crippen molar-refractivity contribution < 1.29 is 14.6 Å². The van der Waals surface area contributed by atoms with E-state index in [-0.39, 0.29) is 11.9 Å². The molecular weight excluding hydrogens is 180 g/mol. The highest BCUT2D eigenvalue weighted by molar-refractivity contribution is 5.31. The van der Waals surface area contributed by atoms with Crippen LogP contribution in [0, 0.1) is 0 Å². The molecule has 14 heavy (non-hydrogen) atoms. The first-order chi connectivity index (χ1) is 6.84. The van der Waals surface area contributed by atoms with Gasteiger partial charge in [-0.1, -0.05) is 6.07 Å². The first-order valence-electron chi connectivity index (χ1n) is 4.88. The lowest BCUT2D eigenvalue weighted by molar-refractivity contribution is 0.0679. The summed E-state index contributed by atoms with van der Waals surface area (Å²) in [5.41, 5.74) is 0. The minimum absolute atomic E-state index is 0.220. The summed E-state index contributed by atoms with van der Waals surface area (Å²) in [6.45, 7) is 1.41. The third-order valence-electron chi connectivity index (χ3n) is 2.28. The van der Waals surface area contributed by atoms with E-state index >= 15 is 0 Å². The van der Waals surface area contributed by atoms with Gasteiger partial charge >= 0.3 is 0 Å². The summed E-state index contributed by atoms with van der Waals surface area (Å²) in [5, 5.41) is 9.19. The van der Waals surface area contributed by atoms with Gasteiger partial charge in [-0.15, -0.1) is 0 Å². The number of rotatable bonds is 3. The number of hydrogen-bond acceptors (Lipinski definition) is 3. The summed E-state index contributed by atoms with van der Waals surface area (Å²) in [5.74, 6) is 0.926. The van der Waals surface area contributed by atoms with E-state index in [9.17, 15) is 5.11 Å². The minimum atomic E-state index is 0.220. The van der Waals surface area contributed by atoms with Crippen molar-refractivity contribution in [3.05, 3.63) is 24.3 Å². The van der Waals surface area contributed by atoms with Crippen LogP contribution in [0.15, 0.2) is 24.3 Å². The molecule has 1 saturated heterocycles. The molecule has 1 aliphatic heterocycles. The molecule has 2 rings (SSSR count). The molecule has 0 saturated carbocycles. The van der Waals surface area contributed by atoms with Gasteiger partial charge in [0.2, 0.25) is 0 Å². The summed E-state index contributed by atoms with van der Waals surface area (Å²) in [6.07, 6.45) is 2.41. The SMILES string of the molecule is Oc1cccc(OCC2CCCO2)c1. The van der Waals surface area contributed by atoms with Crippen LogP contribution < -0.4 is 4.74 Å². The number of phenols is 1. The average molecular weight is 194 g/mol. The van der Waals surface area contributed by atoms with Crippen LogP contribution in [-0.4, -0.2) is 24.4 Å². The first-order valence-corrected chi connectivity index (χ1v) is 4.88. The molecule has 0 amide bonds. The van der Waals surface area contributed by atoms with E-state index in [0.717, 1.165) is 19.4 Å². The van der Waals surface area contributed by atoms with Crippen LogP contribution in [0.4, 0.5) is 0 Å². The molecule has 1 aromatic rings. The summed E-state index contributed by atoms with van der Waals surface area (Å²) < 4.78 is 10.9. The van der Waals surface area contributed by atoms with Crippen LogP contribution in [0.2, 0.25) is 0 Å². The van der Waals surface area contributed by atoms with Crippen LogP contribution in [-0.2, 0) is 4.74 Å². The van der Waals surface area contributed by atoms with E-state index in [1.165, 1.54) is 0 Å². The molecule has 1 heterocycles. The van der Waals surface area contributed by atoms with Gasteiger partial charge in [0.05, 0.1) is 6.10 Å². The van der Waals surface area contributed by atoms with Gasteiger partial charge in [0.15, 0.2) is 0 Å². The smallest absolute Gasteiger partial charge is 0.123 e. The van der Waals surface area contributed by atoms with E-state index in [1.807, 2.05) is 6.07 Å². The third kappa shape index (κ3) is 2.39. The lowest BCUT2D eigenvalue weighted by atomic mass is 10.2. The van der Waals surface area contributed by atoms with Crippen LogP contribution >= 0.6 is 0 Å². The van der Waals surface area contributed by atoms with E-state index in [4.69, 9.17) is 9.47 Å². The summed E-state index contributed by atoms with van der Waals surface area (Å²) in [6, 6.07) is 6.82. The van der Waals surface area contributed by atoms with E-state index in [2.05, 4.69) is 0 Å². The maximum Gasteiger partial charge on any atom is 0.123 e. The lowest BCUT2D eigenvalue weighted by Gasteiger charge is -2.11. The van der Waals surface area contributed by atoms with Crippen molar-refractivity contribution in [1.29, 1.82) is 0 Å². The van der Waals surface area contributed by atoms with Crippen molar-refractivity contribution in [2.75, 3.05) is 13.2 Å². The highest BCUT2D eigenvalue weighted by Gasteiger charge is 2.15. The van der Waals surface area contributed by atoms with Crippen LogP contribution in [0.5, 0.6) is 11.5 Å². The fraction of sp³-hybridized carbons (Fsp3) is 0.455. The Balaban J connectivity index is 1.85. The van der Waals surface area contributed by atoms with Crippen LogP contribution in [0.1, 0.15) is 12.8 Å². The van der Waals surface area contributed by atoms with Gasteiger partial charge in [-0.25, -0.2) is 0 Å². The second-order valence-electron chi connectivity index (χ2n) is 3.44. The predicted molar refractivity (Wildman–Crippen MR) is 52.6 cm³/mol.